The topological polar surface area (TPSA) is 9.23 Å². The molecule has 0 amide bonds. The summed E-state index contributed by atoms with van der Waals surface area (Å²) in [4.78, 5) is 0. The van der Waals surface area contributed by atoms with Crippen LogP contribution in [-0.2, 0) is 6.42 Å². The first-order valence-electron chi connectivity index (χ1n) is 10.4. The molecule has 0 spiro atoms. The van der Waals surface area contributed by atoms with Crippen molar-refractivity contribution in [3.63, 3.8) is 0 Å². The summed E-state index contributed by atoms with van der Waals surface area (Å²) < 4.78 is 45.7. The average Bonchev–Trinajstić information content (AvgIpc) is 2.69. The molecule has 1 fully saturated rings. The number of unbranched alkanes of at least 4 members (excludes halogenated alkanes) is 2. The first-order valence-corrected chi connectivity index (χ1v) is 10.4. The van der Waals surface area contributed by atoms with Crippen molar-refractivity contribution in [3.05, 3.63) is 53.9 Å². The number of hydrogen-bond acceptors (Lipinski definition) is 1. The minimum absolute atomic E-state index is 0.0244. The van der Waals surface area contributed by atoms with Crippen LogP contribution in [0.1, 0.15) is 68.9 Å². The van der Waals surface area contributed by atoms with Crippen LogP contribution in [0.4, 0.5) is 13.2 Å². The van der Waals surface area contributed by atoms with Crippen molar-refractivity contribution in [2.75, 3.05) is 0 Å². The molecule has 1 nitrogen and oxygen atoms in total. The molecule has 0 heterocycles. The number of ether oxygens (including phenoxy) is 1. The van der Waals surface area contributed by atoms with E-state index in [1.807, 2.05) is 18.2 Å². The molecule has 0 aliphatic heterocycles. The molecular weight excluding hydrogens is 361 g/mol. The molecule has 1 saturated carbocycles. The van der Waals surface area contributed by atoms with Crippen molar-refractivity contribution < 1.29 is 17.9 Å². The number of fused-ring (bicyclic) bond motifs is 1. The van der Waals surface area contributed by atoms with Crippen LogP contribution in [0.3, 0.4) is 0 Å². The fourth-order valence-electron chi connectivity index (χ4n) is 4.33. The maximum Gasteiger partial charge on any atom is 0.387 e. The molecule has 0 saturated heterocycles. The Morgan fingerprint density at radius 1 is 1.14 bits per heavy atom. The Balaban J connectivity index is 1.94. The number of alkyl halides is 2. The predicted octanol–water partition coefficient (Wildman–Crippen LogP) is 7.77. The van der Waals surface area contributed by atoms with Crippen LogP contribution in [-0.4, -0.2) is 6.61 Å². The van der Waals surface area contributed by atoms with E-state index in [9.17, 15) is 8.78 Å². The highest BCUT2D eigenvalue weighted by atomic mass is 19.3. The van der Waals surface area contributed by atoms with Gasteiger partial charge in [0.15, 0.2) is 0 Å². The van der Waals surface area contributed by atoms with Crippen LogP contribution in [0.2, 0.25) is 0 Å². The van der Waals surface area contributed by atoms with Gasteiger partial charge in [0.05, 0.1) is 0 Å². The standard InChI is InChI=1S/C24H29F3O/c1-3-5-6-7-21-22(28-24(26)27)15-19-14-18(12-13-20(19)23(21)25)17-10-8-16(4-2)9-11-17/h4,12-17,24H,2-3,5-11H2,1H3. The largest absolute Gasteiger partial charge is 0.434 e. The first-order chi connectivity index (χ1) is 13.5. The fourth-order valence-corrected chi connectivity index (χ4v) is 4.33. The molecule has 0 radical (unpaired) electrons. The minimum atomic E-state index is -2.96. The Bertz CT molecular complexity index is 807. The zero-order valence-electron chi connectivity index (χ0n) is 16.5. The van der Waals surface area contributed by atoms with E-state index in [1.54, 1.807) is 12.1 Å². The van der Waals surface area contributed by atoms with Crippen molar-refractivity contribution in [3.8, 4) is 5.75 Å². The number of halogens is 3. The monoisotopic (exact) mass is 390 g/mol. The van der Waals surface area contributed by atoms with Gasteiger partial charge in [0.1, 0.15) is 11.6 Å². The van der Waals surface area contributed by atoms with Crippen molar-refractivity contribution in [2.45, 2.75) is 70.8 Å². The van der Waals surface area contributed by atoms with E-state index in [0.717, 1.165) is 50.5 Å². The van der Waals surface area contributed by atoms with E-state index in [4.69, 9.17) is 4.74 Å². The van der Waals surface area contributed by atoms with Crippen molar-refractivity contribution in [1.82, 2.24) is 0 Å². The molecule has 4 heteroatoms. The molecule has 1 aliphatic rings. The van der Waals surface area contributed by atoms with E-state index in [0.29, 0.717) is 29.0 Å². The second kappa shape index (κ2) is 9.49. The second-order valence-corrected chi connectivity index (χ2v) is 7.83. The van der Waals surface area contributed by atoms with Gasteiger partial charge in [-0.2, -0.15) is 8.78 Å². The molecular formula is C24H29F3O. The lowest BCUT2D eigenvalue weighted by Crippen LogP contribution is -2.11. The van der Waals surface area contributed by atoms with Gasteiger partial charge in [-0.25, -0.2) is 4.39 Å². The van der Waals surface area contributed by atoms with E-state index in [-0.39, 0.29) is 11.3 Å². The molecule has 0 N–H and O–H groups in total. The fraction of sp³-hybridized carbons (Fsp3) is 0.500. The van der Waals surface area contributed by atoms with E-state index < -0.39 is 12.4 Å². The van der Waals surface area contributed by atoms with Gasteiger partial charge in [0.25, 0.3) is 0 Å². The van der Waals surface area contributed by atoms with Crippen molar-refractivity contribution >= 4 is 10.8 Å². The minimum Gasteiger partial charge on any atom is -0.434 e. The molecule has 1 aliphatic carbocycles. The summed E-state index contributed by atoms with van der Waals surface area (Å²) in [7, 11) is 0. The van der Waals surface area contributed by atoms with E-state index >= 15 is 4.39 Å². The quantitative estimate of drug-likeness (QED) is 0.330. The maximum atomic E-state index is 15.1. The molecule has 152 valence electrons. The Morgan fingerprint density at radius 2 is 1.89 bits per heavy atom. The highest BCUT2D eigenvalue weighted by Gasteiger charge is 2.22. The van der Waals surface area contributed by atoms with Crippen LogP contribution >= 0.6 is 0 Å². The summed E-state index contributed by atoms with van der Waals surface area (Å²) in [5, 5.41) is 1.12. The summed E-state index contributed by atoms with van der Waals surface area (Å²) in [6, 6.07) is 7.33. The third kappa shape index (κ3) is 4.71. The SMILES string of the molecule is C=CC1CCC(c2ccc3c(F)c(CCCCC)c(OC(F)F)cc3c2)CC1. The third-order valence-electron chi connectivity index (χ3n) is 5.98. The summed E-state index contributed by atoms with van der Waals surface area (Å²) in [5.41, 5.74) is 1.41. The van der Waals surface area contributed by atoms with Gasteiger partial charge >= 0.3 is 6.61 Å². The summed E-state index contributed by atoms with van der Waals surface area (Å²) in [5.74, 6) is 0.549. The zero-order valence-corrected chi connectivity index (χ0v) is 16.5. The van der Waals surface area contributed by atoms with Crippen LogP contribution in [0.25, 0.3) is 10.8 Å². The van der Waals surface area contributed by atoms with Crippen molar-refractivity contribution in [1.29, 1.82) is 0 Å². The molecule has 2 aromatic rings. The van der Waals surface area contributed by atoms with Gasteiger partial charge < -0.3 is 4.74 Å². The molecule has 0 atom stereocenters. The Labute approximate surface area is 165 Å². The Hall–Kier alpha value is -1.97. The third-order valence-corrected chi connectivity index (χ3v) is 5.98. The van der Waals surface area contributed by atoms with Crippen molar-refractivity contribution in [2.24, 2.45) is 5.92 Å². The van der Waals surface area contributed by atoms with Gasteiger partial charge in [-0.3, -0.25) is 0 Å². The zero-order chi connectivity index (χ0) is 20.1. The first kappa shape index (κ1) is 20.8. The average molecular weight is 390 g/mol. The van der Waals surface area contributed by atoms with E-state index in [1.165, 1.54) is 0 Å². The highest BCUT2D eigenvalue weighted by Crippen LogP contribution is 2.39. The van der Waals surface area contributed by atoms with Gasteiger partial charge in [0, 0.05) is 10.9 Å². The van der Waals surface area contributed by atoms with Gasteiger partial charge in [-0.1, -0.05) is 44.0 Å². The molecule has 3 rings (SSSR count). The number of rotatable bonds is 8. The molecule has 0 bridgehead atoms. The Kier molecular flexibility index (Phi) is 7.03. The smallest absolute Gasteiger partial charge is 0.387 e. The predicted molar refractivity (Wildman–Crippen MR) is 109 cm³/mol. The van der Waals surface area contributed by atoms with Crippen LogP contribution in [0, 0.1) is 11.7 Å². The molecule has 2 aromatic carbocycles. The number of benzene rings is 2. The maximum absolute atomic E-state index is 15.1. The molecule has 28 heavy (non-hydrogen) atoms. The van der Waals surface area contributed by atoms with Gasteiger partial charge in [-0.05, 0) is 67.4 Å². The normalized spacial score (nSPS) is 19.9. The highest BCUT2D eigenvalue weighted by molar-refractivity contribution is 5.86. The van der Waals surface area contributed by atoms with Gasteiger partial charge in [-0.15, -0.1) is 6.58 Å². The second-order valence-electron chi connectivity index (χ2n) is 7.83. The summed E-state index contributed by atoms with van der Waals surface area (Å²) in [6.45, 7) is 2.98. The molecule has 0 unspecified atom stereocenters. The Morgan fingerprint density at radius 3 is 2.54 bits per heavy atom. The van der Waals surface area contributed by atoms with Crippen LogP contribution in [0.15, 0.2) is 36.9 Å². The summed E-state index contributed by atoms with van der Waals surface area (Å²) >= 11 is 0. The summed E-state index contributed by atoms with van der Waals surface area (Å²) in [6.07, 6.45) is 9.46. The van der Waals surface area contributed by atoms with Crippen LogP contribution < -0.4 is 4.74 Å². The molecule has 0 aromatic heterocycles. The van der Waals surface area contributed by atoms with Crippen LogP contribution in [0.5, 0.6) is 5.75 Å². The van der Waals surface area contributed by atoms with E-state index in [2.05, 4.69) is 13.5 Å². The lowest BCUT2D eigenvalue weighted by molar-refractivity contribution is -0.0505. The lowest BCUT2D eigenvalue weighted by atomic mass is 9.78. The van der Waals surface area contributed by atoms with Gasteiger partial charge in [0.2, 0.25) is 0 Å². The number of hydrogen-bond donors (Lipinski definition) is 0. The number of allylic oxidation sites excluding steroid dienone is 1. The lowest BCUT2D eigenvalue weighted by Gasteiger charge is -2.27.